The molecule has 7 N–H and O–H groups in total. The smallest absolute Gasteiger partial charge is 0.136 e. The van der Waals surface area contributed by atoms with Crippen molar-refractivity contribution in [3.8, 4) is 0 Å². The molecule has 1 fully saturated rings. The van der Waals surface area contributed by atoms with E-state index in [9.17, 15) is 40.1 Å². The van der Waals surface area contributed by atoms with Crippen molar-refractivity contribution in [1.82, 2.24) is 14.7 Å². The molecule has 202 valence electrons. The van der Waals surface area contributed by atoms with Gasteiger partial charge in [-0.1, -0.05) is 24.3 Å². The fourth-order valence-electron chi connectivity index (χ4n) is 4.40. The largest absolute Gasteiger partial charge is 0.778 e. The van der Waals surface area contributed by atoms with Gasteiger partial charge in [-0.15, -0.1) is 0 Å². The van der Waals surface area contributed by atoms with Crippen LogP contribution in [0.1, 0.15) is 11.1 Å². The average molecular weight is 521 g/mol. The highest BCUT2D eigenvalue weighted by Crippen LogP contribution is 2.34. The quantitative estimate of drug-likeness (QED) is 0.135. The highest BCUT2D eigenvalue weighted by molar-refractivity contribution is 7.49. The Hall–Kier alpha value is -0.990. The van der Waals surface area contributed by atoms with E-state index in [0.29, 0.717) is 51.4 Å². The molecule has 1 aliphatic rings. The molecule has 0 aliphatic carbocycles. The van der Waals surface area contributed by atoms with Crippen LogP contribution in [0.2, 0.25) is 0 Å². The second-order valence-electron chi connectivity index (χ2n) is 8.96. The summed E-state index contributed by atoms with van der Waals surface area (Å²) in [7, 11) is -4.40. The molecule has 35 heavy (non-hydrogen) atoms. The van der Waals surface area contributed by atoms with E-state index in [1.54, 1.807) is 24.3 Å². The van der Waals surface area contributed by atoms with Gasteiger partial charge in [0.25, 0.3) is 0 Å². The minimum Gasteiger partial charge on any atom is -0.778 e. The van der Waals surface area contributed by atoms with E-state index >= 15 is 0 Å². The number of benzene rings is 1. The summed E-state index contributed by atoms with van der Waals surface area (Å²) < 4.78 is 11.1. The summed E-state index contributed by atoms with van der Waals surface area (Å²) in [4.78, 5) is 26.0. The van der Waals surface area contributed by atoms with Gasteiger partial charge in [-0.2, -0.15) is 0 Å². The van der Waals surface area contributed by atoms with Crippen molar-refractivity contribution in [1.29, 1.82) is 0 Å². The van der Waals surface area contributed by atoms with Crippen LogP contribution in [0.5, 0.6) is 0 Å². The monoisotopic (exact) mass is 520 g/mol. The number of hydrogen-bond acceptors (Lipinski definition) is 11. The third-order valence-electron chi connectivity index (χ3n) is 6.47. The van der Waals surface area contributed by atoms with Crippen molar-refractivity contribution in [2.75, 3.05) is 65.7 Å². The molecule has 12 nitrogen and oxygen atoms in total. The van der Waals surface area contributed by atoms with Crippen LogP contribution in [0.15, 0.2) is 24.3 Å². The topological polar surface area (TPSA) is 191 Å². The molecule has 1 saturated heterocycles. The normalized spacial score (nSPS) is 22.4. The Morgan fingerprint density at radius 3 is 1.51 bits per heavy atom. The molecule has 0 bridgehead atoms. The first kappa shape index (κ1) is 30.2. The lowest BCUT2D eigenvalue weighted by Crippen LogP contribution is -2.53. The van der Waals surface area contributed by atoms with Crippen LogP contribution < -0.4 is 4.89 Å². The molecule has 0 spiro atoms. The van der Waals surface area contributed by atoms with Gasteiger partial charge >= 0.3 is 0 Å². The lowest BCUT2D eigenvalue weighted by atomic mass is 10.1. The van der Waals surface area contributed by atoms with Gasteiger partial charge in [0.15, 0.2) is 0 Å². The summed E-state index contributed by atoms with van der Waals surface area (Å²) in [5, 5.41) is 59.0. The predicted molar refractivity (Wildman–Crippen MR) is 126 cm³/mol. The zero-order valence-electron chi connectivity index (χ0n) is 19.8. The van der Waals surface area contributed by atoms with Crippen molar-refractivity contribution in [2.45, 2.75) is 37.0 Å². The Morgan fingerprint density at radius 2 is 1.14 bits per heavy atom. The summed E-state index contributed by atoms with van der Waals surface area (Å²) in [6, 6.07) is 5.46. The maximum absolute atomic E-state index is 11.1. The number of aliphatic hydroxyl groups excluding tert-OH is 6. The SMILES string of the molecule is O=P([O-])(O)Cc1ccc(CN2CCN([C@H](CO)[C@H](O)CO)CCN([C@H](CO)[C@H](O)CO)CC2)cc1. The lowest BCUT2D eigenvalue weighted by Gasteiger charge is -2.36. The number of rotatable bonds is 12. The molecule has 2 rings (SSSR count). The third kappa shape index (κ3) is 9.77. The number of aliphatic hydroxyl groups is 6. The zero-order chi connectivity index (χ0) is 26.0. The fourth-order valence-corrected chi connectivity index (χ4v) is 5.07. The van der Waals surface area contributed by atoms with Crippen LogP contribution in [0, 0.1) is 0 Å². The number of hydrogen-bond donors (Lipinski definition) is 7. The average Bonchev–Trinajstić information content (AvgIpc) is 2.92. The Bertz CT molecular complexity index is 752. The summed E-state index contributed by atoms with van der Waals surface area (Å²) >= 11 is 0. The van der Waals surface area contributed by atoms with Crippen LogP contribution in [0.4, 0.5) is 0 Å². The van der Waals surface area contributed by atoms with E-state index in [1.807, 2.05) is 9.80 Å². The van der Waals surface area contributed by atoms with Crippen molar-refractivity contribution in [3.63, 3.8) is 0 Å². The first-order valence-electron chi connectivity index (χ1n) is 11.7. The molecule has 1 unspecified atom stereocenters. The second-order valence-corrected chi connectivity index (χ2v) is 10.6. The molecule has 0 radical (unpaired) electrons. The molecule has 0 amide bonds. The van der Waals surface area contributed by atoms with Crippen molar-refractivity contribution in [3.05, 3.63) is 35.4 Å². The van der Waals surface area contributed by atoms with E-state index < -0.39 is 51.3 Å². The first-order valence-corrected chi connectivity index (χ1v) is 13.5. The van der Waals surface area contributed by atoms with Gasteiger partial charge in [-0.05, 0) is 11.1 Å². The Labute approximate surface area is 205 Å². The minimum absolute atomic E-state index is 0.361. The molecule has 0 aromatic heterocycles. The van der Waals surface area contributed by atoms with E-state index in [4.69, 9.17) is 4.89 Å². The molecule has 13 heteroatoms. The Balaban J connectivity index is 2.21. The third-order valence-corrected chi connectivity index (χ3v) is 7.23. The van der Waals surface area contributed by atoms with Crippen molar-refractivity contribution < 1.29 is 45.0 Å². The molecule has 1 heterocycles. The van der Waals surface area contributed by atoms with Crippen LogP contribution >= 0.6 is 7.60 Å². The van der Waals surface area contributed by atoms with Crippen molar-refractivity contribution in [2.24, 2.45) is 0 Å². The van der Waals surface area contributed by atoms with E-state index in [0.717, 1.165) is 5.56 Å². The standard InChI is InChI=1S/C22H40N3O9P/c26-12-19(21(30)14-28)24-7-5-23(6-8-25(10-9-24)20(13-27)22(31)15-29)11-17-1-3-18(4-2-17)16-35(32,33)34/h1-4,19-22,26-31H,5-16H2,(H2,32,33,34)/p-1/t19-,20-,21-,22-/m1/s1. The molecule has 1 aliphatic heterocycles. The maximum Gasteiger partial charge on any atom is 0.136 e. The van der Waals surface area contributed by atoms with Gasteiger partial charge < -0.3 is 45.0 Å². The van der Waals surface area contributed by atoms with Gasteiger partial charge in [0, 0.05) is 52.0 Å². The second kappa shape index (κ2) is 14.7. The molecule has 5 atom stereocenters. The predicted octanol–water partition coefficient (Wildman–Crippen LogP) is -3.42. The molecule has 1 aromatic rings. The molecular weight excluding hydrogens is 481 g/mol. The molecular formula is C22H39N3O9P-. The van der Waals surface area contributed by atoms with Gasteiger partial charge in [0.2, 0.25) is 0 Å². The summed E-state index contributed by atoms with van der Waals surface area (Å²) in [6.07, 6.45) is -2.72. The van der Waals surface area contributed by atoms with Crippen LogP contribution in [0.25, 0.3) is 0 Å². The highest BCUT2D eigenvalue weighted by Gasteiger charge is 2.30. The lowest BCUT2D eigenvalue weighted by molar-refractivity contribution is -0.194. The van der Waals surface area contributed by atoms with Crippen molar-refractivity contribution >= 4 is 7.60 Å². The summed E-state index contributed by atoms with van der Waals surface area (Å²) in [5.74, 6) is 0. The van der Waals surface area contributed by atoms with Crippen LogP contribution in [-0.4, -0.2) is 140 Å². The maximum atomic E-state index is 11.1. The molecule has 0 saturated carbocycles. The number of nitrogens with zero attached hydrogens (tertiary/aromatic N) is 3. The first-order chi connectivity index (χ1) is 16.6. The Kier molecular flexibility index (Phi) is 12.7. The summed E-state index contributed by atoms with van der Waals surface area (Å²) in [6.45, 7) is 1.64. The van der Waals surface area contributed by atoms with E-state index in [-0.39, 0.29) is 13.2 Å². The van der Waals surface area contributed by atoms with Gasteiger partial charge in [0.05, 0.1) is 50.7 Å². The van der Waals surface area contributed by atoms with E-state index in [1.165, 1.54) is 0 Å². The van der Waals surface area contributed by atoms with Crippen LogP contribution in [0.3, 0.4) is 0 Å². The van der Waals surface area contributed by atoms with Gasteiger partial charge in [-0.3, -0.25) is 14.7 Å². The van der Waals surface area contributed by atoms with Gasteiger partial charge in [0.1, 0.15) is 7.60 Å². The molecule has 1 aromatic carbocycles. The van der Waals surface area contributed by atoms with Gasteiger partial charge in [-0.25, -0.2) is 0 Å². The zero-order valence-corrected chi connectivity index (χ0v) is 20.7. The van der Waals surface area contributed by atoms with Crippen LogP contribution in [-0.2, 0) is 17.3 Å². The fraction of sp³-hybridized carbons (Fsp3) is 0.727. The Morgan fingerprint density at radius 1 is 0.743 bits per heavy atom. The minimum atomic E-state index is -4.40. The highest BCUT2D eigenvalue weighted by atomic mass is 31.2. The van der Waals surface area contributed by atoms with E-state index in [2.05, 4.69) is 4.90 Å². The summed E-state index contributed by atoms with van der Waals surface area (Å²) in [5.41, 5.74) is 1.39.